The molecule has 138 valence electrons. The molecule has 2 rings (SSSR count). The van der Waals surface area contributed by atoms with Crippen molar-refractivity contribution < 1.29 is 18.8 Å². The van der Waals surface area contributed by atoms with E-state index in [-0.39, 0.29) is 11.9 Å². The number of hydrogen-bond donors (Lipinski definition) is 0. The summed E-state index contributed by atoms with van der Waals surface area (Å²) in [5, 5.41) is 0. The third-order valence-electron chi connectivity index (χ3n) is 5.62. The monoisotopic (exact) mass is 355 g/mol. The number of ether oxygens (including phenoxy) is 1. The van der Waals surface area contributed by atoms with E-state index in [0.717, 1.165) is 31.0 Å². The Hall–Kier alpha value is -0.883. The van der Waals surface area contributed by atoms with E-state index in [4.69, 9.17) is 9.16 Å². The van der Waals surface area contributed by atoms with Crippen molar-refractivity contribution in [2.24, 2.45) is 5.92 Å². The number of imide groups is 1. The quantitative estimate of drug-likeness (QED) is 0.526. The minimum atomic E-state index is -1.88. The van der Waals surface area contributed by atoms with E-state index in [1.165, 1.54) is 11.3 Å². The molecule has 2 amide bonds. The summed E-state index contributed by atoms with van der Waals surface area (Å²) in [7, 11) is -1.88. The third-order valence-corrected chi connectivity index (χ3v) is 10.2. The molecule has 2 fully saturated rings. The number of nitrogens with zero attached hydrogens (tertiary/aromatic N) is 1. The molecule has 0 spiro atoms. The largest absolute Gasteiger partial charge is 0.443 e. The number of carbonyl (C=O) groups is 2. The highest BCUT2D eigenvalue weighted by Crippen LogP contribution is 2.42. The molecule has 2 atom stereocenters. The Labute approximate surface area is 147 Å². The summed E-state index contributed by atoms with van der Waals surface area (Å²) in [4.78, 5) is 26.5. The number of carbonyl (C=O) groups excluding carboxylic acids is 2. The van der Waals surface area contributed by atoms with Gasteiger partial charge in [0.1, 0.15) is 11.7 Å². The molecule has 0 unspecified atom stereocenters. The van der Waals surface area contributed by atoms with Crippen LogP contribution in [0.2, 0.25) is 18.1 Å². The smallest absolute Gasteiger partial charge is 0.417 e. The van der Waals surface area contributed by atoms with Crippen molar-refractivity contribution in [1.82, 2.24) is 4.90 Å². The summed E-state index contributed by atoms with van der Waals surface area (Å²) in [6.45, 7) is 11.9. The van der Waals surface area contributed by atoms with Gasteiger partial charge in [-0.1, -0.05) is 27.2 Å². The predicted octanol–water partition coefficient (Wildman–Crippen LogP) is 4.32. The fraction of sp³-hybridized carbons (Fsp3) is 0.889. The summed E-state index contributed by atoms with van der Waals surface area (Å²) in [5.74, 6) is 0.172. The number of hydrogen-bond acceptors (Lipinski definition) is 4. The Balaban J connectivity index is 2.15. The zero-order valence-electron chi connectivity index (χ0n) is 16.1. The molecule has 1 saturated heterocycles. The Kier molecular flexibility index (Phi) is 5.80. The van der Waals surface area contributed by atoms with Gasteiger partial charge in [0.25, 0.3) is 5.91 Å². The maximum absolute atomic E-state index is 12.7. The van der Waals surface area contributed by atoms with Crippen molar-refractivity contribution in [3.63, 3.8) is 0 Å². The van der Waals surface area contributed by atoms with Crippen molar-refractivity contribution in [3.8, 4) is 0 Å². The van der Waals surface area contributed by atoms with E-state index in [0.29, 0.717) is 5.92 Å². The molecule has 1 heterocycles. The fourth-order valence-electron chi connectivity index (χ4n) is 3.63. The van der Waals surface area contributed by atoms with E-state index in [1.54, 1.807) is 0 Å². The van der Waals surface area contributed by atoms with Gasteiger partial charge in [-0.3, -0.25) is 4.79 Å². The molecule has 6 heteroatoms. The predicted molar refractivity (Wildman–Crippen MR) is 96.3 cm³/mol. The van der Waals surface area contributed by atoms with Gasteiger partial charge in [-0.05, 0) is 57.7 Å². The minimum Gasteiger partial charge on any atom is -0.443 e. The molecule has 24 heavy (non-hydrogen) atoms. The Morgan fingerprint density at radius 2 is 1.71 bits per heavy atom. The number of amides is 2. The summed E-state index contributed by atoms with van der Waals surface area (Å²) < 4.78 is 11.9. The first-order chi connectivity index (χ1) is 11.2. The first-order valence-electron chi connectivity index (χ1n) is 9.42. The molecule has 5 nitrogen and oxygen atoms in total. The zero-order valence-corrected chi connectivity index (χ0v) is 17.1. The van der Waals surface area contributed by atoms with Crippen molar-refractivity contribution in [2.45, 2.75) is 96.7 Å². The molecular weight excluding hydrogens is 322 g/mol. The first-order valence-corrected chi connectivity index (χ1v) is 11.9. The van der Waals surface area contributed by atoms with Crippen LogP contribution in [0.4, 0.5) is 4.79 Å². The van der Waals surface area contributed by atoms with Gasteiger partial charge in [-0.25, -0.2) is 9.69 Å². The van der Waals surface area contributed by atoms with Gasteiger partial charge in [0.05, 0.1) is 6.04 Å². The lowest BCUT2D eigenvalue weighted by atomic mass is 9.73. The van der Waals surface area contributed by atoms with Crippen LogP contribution in [0.15, 0.2) is 0 Å². The normalized spacial score (nSPS) is 25.2. The second-order valence-electron chi connectivity index (χ2n) is 8.15. The van der Waals surface area contributed by atoms with E-state index in [2.05, 4.69) is 20.8 Å². The number of likely N-dealkylation sites (tertiary alicyclic amines) is 1. The van der Waals surface area contributed by atoms with Gasteiger partial charge >= 0.3 is 6.09 Å². The molecule has 2 aliphatic rings. The highest BCUT2D eigenvalue weighted by atomic mass is 28.4. The molecule has 0 radical (unpaired) electrons. The molecule has 1 aliphatic heterocycles. The standard InChI is InChI=1S/C18H33NO4Si/c1-7-24(8-2,9-3)23-15-14(13-11-10-12-13)19(16(15)20)17(21)22-18(4,5)6/h13-15H,7-12H2,1-6H3/t14-,15+/m1/s1. The lowest BCUT2D eigenvalue weighted by Gasteiger charge is -2.53. The average Bonchev–Trinajstić information content (AvgIpc) is 2.45. The summed E-state index contributed by atoms with van der Waals surface area (Å²) in [6, 6.07) is 2.90. The second kappa shape index (κ2) is 7.16. The molecule has 1 saturated carbocycles. The van der Waals surface area contributed by atoms with Crippen molar-refractivity contribution in [1.29, 1.82) is 0 Å². The lowest BCUT2D eigenvalue weighted by Crippen LogP contribution is -2.72. The second-order valence-corrected chi connectivity index (χ2v) is 12.9. The van der Waals surface area contributed by atoms with Crippen molar-refractivity contribution in [3.05, 3.63) is 0 Å². The van der Waals surface area contributed by atoms with Gasteiger partial charge in [0.15, 0.2) is 8.32 Å². The molecular formula is C18H33NO4Si. The van der Waals surface area contributed by atoms with E-state index >= 15 is 0 Å². The Morgan fingerprint density at radius 1 is 1.17 bits per heavy atom. The molecule has 0 aromatic carbocycles. The van der Waals surface area contributed by atoms with Crippen LogP contribution in [0.5, 0.6) is 0 Å². The molecule has 0 aromatic heterocycles. The minimum absolute atomic E-state index is 0.127. The van der Waals surface area contributed by atoms with E-state index in [9.17, 15) is 9.59 Å². The topological polar surface area (TPSA) is 55.8 Å². The van der Waals surface area contributed by atoms with Gasteiger partial charge in [-0.15, -0.1) is 0 Å². The van der Waals surface area contributed by atoms with Crippen molar-refractivity contribution in [2.75, 3.05) is 0 Å². The molecule has 0 bridgehead atoms. The van der Waals surface area contributed by atoms with Crippen LogP contribution in [0.3, 0.4) is 0 Å². The first kappa shape index (κ1) is 19.4. The van der Waals surface area contributed by atoms with Gasteiger partial charge in [0.2, 0.25) is 0 Å². The summed E-state index contributed by atoms with van der Waals surface area (Å²) >= 11 is 0. The van der Waals surface area contributed by atoms with Crippen LogP contribution < -0.4 is 0 Å². The summed E-state index contributed by atoms with van der Waals surface area (Å²) in [6.07, 6.45) is 2.35. The Bertz CT molecular complexity index is 472. The van der Waals surface area contributed by atoms with Crippen LogP contribution in [-0.2, 0) is 14.0 Å². The molecule has 0 aromatic rings. The number of β-lactam (4-membered cyclic amide) rings is 1. The average molecular weight is 356 g/mol. The third kappa shape index (κ3) is 3.69. The highest BCUT2D eigenvalue weighted by molar-refractivity contribution is 6.73. The Morgan fingerprint density at radius 3 is 2.08 bits per heavy atom. The van der Waals surface area contributed by atoms with Crippen LogP contribution in [0.25, 0.3) is 0 Å². The van der Waals surface area contributed by atoms with E-state index in [1.807, 2.05) is 20.8 Å². The zero-order chi connectivity index (χ0) is 18.1. The van der Waals surface area contributed by atoms with Crippen LogP contribution >= 0.6 is 0 Å². The van der Waals surface area contributed by atoms with E-state index < -0.39 is 26.1 Å². The maximum Gasteiger partial charge on any atom is 0.417 e. The molecule has 1 aliphatic carbocycles. The van der Waals surface area contributed by atoms with Crippen LogP contribution in [0.1, 0.15) is 60.8 Å². The molecule has 0 N–H and O–H groups in total. The SMILES string of the molecule is CC[Si](CC)(CC)O[C@@H]1C(=O)N(C(=O)OC(C)(C)C)[C@@H]1C1CCC1. The van der Waals surface area contributed by atoms with Gasteiger partial charge in [0, 0.05) is 0 Å². The fourth-order valence-corrected chi connectivity index (χ4v) is 6.41. The van der Waals surface area contributed by atoms with Gasteiger partial charge < -0.3 is 9.16 Å². The highest BCUT2D eigenvalue weighted by Gasteiger charge is 2.58. The van der Waals surface area contributed by atoms with Gasteiger partial charge in [-0.2, -0.15) is 0 Å². The van der Waals surface area contributed by atoms with Crippen molar-refractivity contribution >= 4 is 20.3 Å². The maximum atomic E-state index is 12.7. The lowest BCUT2D eigenvalue weighted by molar-refractivity contribution is -0.168. The number of rotatable bonds is 6. The summed E-state index contributed by atoms with van der Waals surface area (Å²) in [5.41, 5.74) is -0.595. The van der Waals surface area contributed by atoms with Crippen LogP contribution in [0, 0.1) is 5.92 Å². The van der Waals surface area contributed by atoms with Crippen LogP contribution in [-0.4, -0.2) is 43.0 Å².